The van der Waals surface area contributed by atoms with Gasteiger partial charge in [0.15, 0.2) is 17.5 Å². The van der Waals surface area contributed by atoms with Crippen molar-refractivity contribution < 1.29 is 22.7 Å². The fourth-order valence-electron chi connectivity index (χ4n) is 2.60. The highest BCUT2D eigenvalue weighted by molar-refractivity contribution is 6.04. The van der Waals surface area contributed by atoms with E-state index in [9.17, 15) is 18.0 Å². The summed E-state index contributed by atoms with van der Waals surface area (Å²) in [5.74, 6) is -4.09. The Bertz CT molecular complexity index is 993. The van der Waals surface area contributed by atoms with Crippen LogP contribution in [0.5, 0.6) is 5.75 Å². The first-order valence-corrected chi connectivity index (χ1v) is 8.75. The van der Waals surface area contributed by atoms with Crippen LogP contribution in [-0.4, -0.2) is 24.5 Å². The van der Waals surface area contributed by atoms with E-state index < -0.39 is 28.9 Å². The monoisotopic (exact) mass is 401 g/mol. The smallest absolute Gasteiger partial charge is 0.258 e. The van der Waals surface area contributed by atoms with Gasteiger partial charge in [-0.05, 0) is 48.4 Å². The number of hydrogen-bond donors (Lipinski definition) is 2. The third-order valence-electron chi connectivity index (χ3n) is 4.18. The zero-order valence-electron chi connectivity index (χ0n) is 15.5. The summed E-state index contributed by atoms with van der Waals surface area (Å²) in [7, 11) is 1.61. The van der Waals surface area contributed by atoms with Crippen LogP contribution < -0.4 is 15.4 Å². The molecule has 0 bridgehead atoms. The van der Waals surface area contributed by atoms with Crippen molar-refractivity contribution in [1.29, 1.82) is 0 Å². The molecule has 0 radical (unpaired) electrons. The maximum atomic E-state index is 13.7. The van der Waals surface area contributed by atoms with Crippen LogP contribution in [0.15, 0.2) is 54.7 Å². The van der Waals surface area contributed by atoms with Gasteiger partial charge in [-0.1, -0.05) is 12.1 Å². The topological polar surface area (TPSA) is 63.2 Å². The molecule has 0 aliphatic carbocycles. The van der Waals surface area contributed by atoms with Crippen LogP contribution in [0.1, 0.15) is 15.9 Å². The molecule has 0 aliphatic rings. The molecule has 2 N–H and O–H groups in total. The van der Waals surface area contributed by atoms with E-state index >= 15 is 0 Å². The molecule has 0 saturated heterocycles. The second kappa shape index (κ2) is 9.09. The van der Waals surface area contributed by atoms with Gasteiger partial charge in [-0.3, -0.25) is 4.79 Å². The number of halogens is 3. The molecule has 0 spiro atoms. The molecule has 1 heterocycles. The molecule has 1 amide bonds. The average Bonchev–Trinajstić information content (AvgIpc) is 2.74. The third-order valence-corrected chi connectivity index (χ3v) is 4.18. The Balaban J connectivity index is 1.54. The summed E-state index contributed by atoms with van der Waals surface area (Å²) in [6.07, 6.45) is 2.16. The van der Waals surface area contributed by atoms with Gasteiger partial charge in [0.2, 0.25) is 0 Å². The number of carbonyl (C=O) groups excluding carboxylic acids is 1. The second-order valence-corrected chi connectivity index (χ2v) is 6.13. The molecule has 2 aromatic carbocycles. The van der Waals surface area contributed by atoms with E-state index in [-0.39, 0.29) is 0 Å². The summed E-state index contributed by atoms with van der Waals surface area (Å²) in [5.41, 5.74) is 0.834. The van der Waals surface area contributed by atoms with Gasteiger partial charge in [0.1, 0.15) is 11.6 Å². The summed E-state index contributed by atoms with van der Waals surface area (Å²) >= 11 is 0. The minimum Gasteiger partial charge on any atom is -0.497 e. The van der Waals surface area contributed by atoms with Crippen molar-refractivity contribution in [2.45, 2.75) is 6.42 Å². The number of nitrogens with zero attached hydrogens (tertiary/aromatic N) is 1. The number of anilines is 2. The summed E-state index contributed by atoms with van der Waals surface area (Å²) in [5, 5.41) is 5.55. The summed E-state index contributed by atoms with van der Waals surface area (Å²) in [6, 6.07) is 12.5. The predicted molar refractivity (Wildman–Crippen MR) is 104 cm³/mol. The number of hydrogen-bond acceptors (Lipinski definition) is 4. The number of benzene rings is 2. The van der Waals surface area contributed by atoms with E-state index in [1.54, 1.807) is 19.2 Å². The molecular formula is C21H18F3N3O2. The Morgan fingerprint density at radius 1 is 1.00 bits per heavy atom. The molecule has 150 valence electrons. The molecule has 8 heteroatoms. The van der Waals surface area contributed by atoms with Crippen LogP contribution in [0.2, 0.25) is 0 Å². The fraction of sp³-hybridized carbons (Fsp3) is 0.143. The summed E-state index contributed by atoms with van der Waals surface area (Å²) in [6.45, 7) is 0.644. The van der Waals surface area contributed by atoms with Gasteiger partial charge >= 0.3 is 0 Å². The molecule has 3 rings (SSSR count). The van der Waals surface area contributed by atoms with Crippen LogP contribution in [0, 0.1) is 17.5 Å². The number of pyridine rings is 1. The number of ether oxygens (including phenoxy) is 1. The fourth-order valence-corrected chi connectivity index (χ4v) is 2.60. The van der Waals surface area contributed by atoms with Crippen molar-refractivity contribution >= 4 is 17.4 Å². The average molecular weight is 401 g/mol. The largest absolute Gasteiger partial charge is 0.497 e. The van der Waals surface area contributed by atoms with Crippen molar-refractivity contribution in [1.82, 2.24) is 4.98 Å². The number of rotatable bonds is 7. The van der Waals surface area contributed by atoms with Crippen LogP contribution >= 0.6 is 0 Å². The van der Waals surface area contributed by atoms with Crippen molar-refractivity contribution in [3.8, 4) is 5.75 Å². The van der Waals surface area contributed by atoms with Crippen molar-refractivity contribution in [2.75, 3.05) is 24.3 Å². The van der Waals surface area contributed by atoms with E-state index in [1.807, 2.05) is 24.3 Å². The van der Waals surface area contributed by atoms with Crippen LogP contribution in [0.4, 0.5) is 24.7 Å². The molecule has 29 heavy (non-hydrogen) atoms. The Morgan fingerprint density at radius 3 is 2.41 bits per heavy atom. The highest BCUT2D eigenvalue weighted by Crippen LogP contribution is 2.18. The van der Waals surface area contributed by atoms with Crippen molar-refractivity contribution in [3.63, 3.8) is 0 Å². The zero-order valence-corrected chi connectivity index (χ0v) is 15.5. The van der Waals surface area contributed by atoms with Gasteiger partial charge in [0, 0.05) is 6.54 Å². The number of methoxy groups -OCH3 is 1. The van der Waals surface area contributed by atoms with Gasteiger partial charge in [-0.2, -0.15) is 0 Å². The lowest BCUT2D eigenvalue weighted by atomic mass is 10.1. The first-order valence-electron chi connectivity index (χ1n) is 8.75. The van der Waals surface area contributed by atoms with Crippen molar-refractivity contribution in [3.05, 3.63) is 83.3 Å². The third kappa shape index (κ3) is 5.04. The quantitative estimate of drug-likeness (QED) is 0.576. The minimum absolute atomic E-state index is 0.292. The Morgan fingerprint density at radius 2 is 1.76 bits per heavy atom. The Hall–Kier alpha value is -3.55. The lowest BCUT2D eigenvalue weighted by molar-refractivity contribution is 0.102. The minimum atomic E-state index is -1.69. The highest BCUT2D eigenvalue weighted by Gasteiger charge is 2.18. The first-order chi connectivity index (χ1) is 14.0. The number of carbonyl (C=O) groups is 1. The van der Waals surface area contributed by atoms with Gasteiger partial charge < -0.3 is 15.4 Å². The second-order valence-electron chi connectivity index (χ2n) is 6.13. The highest BCUT2D eigenvalue weighted by atomic mass is 19.2. The maximum absolute atomic E-state index is 13.7. The summed E-state index contributed by atoms with van der Waals surface area (Å²) < 4.78 is 45.0. The van der Waals surface area contributed by atoms with Gasteiger partial charge in [-0.25, -0.2) is 18.2 Å². The van der Waals surface area contributed by atoms with E-state index in [0.29, 0.717) is 24.1 Å². The normalized spacial score (nSPS) is 10.5. The van der Waals surface area contributed by atoms with Crippen molar-refractivity contribution in [2.24, 2.45) is 0 Å². The molecule has 0 aliphatic heterocycles. The van der Waals surface area contributed by atoms with Crippen LogP contribution in [-0.2, 0) is 6.42 Å². The van der Waals surface area contributed by atoms with E-state index in [0.717, 1.165) is 23.8 Å². The van der Waals surface area contributed by atoms with E-state index in [2.05, 4.69) is 15.6 Å². The Kier molecular flexibility index (Phi) is 6.33. The van der Waals surface area contributed by atoms with Gasteiger partial charge in [0.25, 0.3) is 5.91 Å². The number of amides is 1. The zero-order chi connectivity index (χ0) is 20.8. The standard InChI is InChI=1S/C21H18F3N3O2/c1-29-15-5-2-13(3-6-15)10-11-25-18-9-4-14(12-26-18)27-21(28)16-7-8-17(22)20(24)19(16)23/h2-9,12H,10-11H2,1H3,(H,25,26)(H,27,28). The molecule has 1 aromatic heterocycles. The molecule has 0 atom stereocenters. The number of nitrogens with one attached hydrogen (secondary N) is 2. The molecule has 0 saturated carbocycles. The maximum Gasteiger partial charge on any atom is 0.258 e. The molecule has 3 aromatic rings. The molecule has 5 nitrogen and oxygen atoms in total. The lowest BCUT2D eigenvalue weighted by Gasteiger charge is -2.09. The number of aromatic nitrogens is 1. The van der Waals surface area contributed by atoms with Crippen LogP contribution in [0.25, 0.3) is 0 Å². The Labute approximate surface area is 165 Å². The molecular weight excluding hydrogens is 383 g/mol. The SMILES string of the molecule is COc1ccc(CCNc2ccc(NC(=O)c3ccc(F)c(F)c3F)cn2)cc1. The van der Waals surface area contributed by atoms with E-state index in [4.69, 9.17) is 4.74 Å². The van der Waals surface area contributed by atoms with E-state index in [1.165, 1.54) is 6.20 Å². The molecule has 0 unspecified atom stereocenters. The lowest BCUT2D eigenvalue weighted by Crippen LogP contribution is -2.15. The molecule has 0 fully saturated rings. The van der Waals surface area contributed by atoms with Gasteiger partial charge in [0.05, 0.1) is 24.6 Å². The van der Waals surface area contributed by atoms with Gasteiger partial charge in [-0.15, -0.1) is 0 Å². The summed E-state index contributed by atoms with van der Waals surface area (Å²) in [4.78, 5) is 16.2. The predicted octanol–water partition coefficient (Wildman–Crippen LogP) is 4.41. The van der Waals surface area contributed by atoms with Crippen LogP contribution in [0.3, 0.4) is 0 Å². The first kappa shape index (κ1) is 20.2.